The lowest BCUT2D eigenvalue weighted by Crippen LogP contribution is -2.24. The van der Waals surface area contributed by atoms with Crippen LogP contribution >= 0.6 is 0 Å². The van der Waals surface area contributed by atoms with E-state index in [1.165, 1.54) is 18.7 Å². The number of nitrogens with zero attached hydrogens (tertiary/aromatic N) is 4. The number of rotatable bonds is 5. The van der Waals surface area contributed by atoms with E-state index in [1.807, 2.05) is 0 Å². The minimum absolute atomic E-state index is 0.0618. The Hall–Kier alpha value is -2.69. The van der Waals surface area contributed by atoms with E-state index in [4.69, 9.17) is 9.15 Å². The summed E-state index contributed by atoms with van der Waals surface area (Å²) < 4.78 is 12.5. The molecule has 3 aromatic rings. The van der Waals surface area contributed by atoms with Gasteiger partial charge in [-0.1, -0.05) is 0 Å². The molecular formula is C15H17N5O5. The van der Waals surface area contributed by atoms with Crippen molar-refractivity contribution in [3.8, 4) is 5.75 Å². The molecule has 3 aromatic heterocycles. The van der Waals surface area contributed by atoms with Crippen molar-refractivity contribution in [3.63, 3.8) is 0 Å². The monoisotopic (exact) mass is 347 g/mol. The molecule has 4 rings (SSSR count). The molecule has 1 fully saturated rings. The molecule has 1 saturated heterocycles. The molecule has 0 aromatic carbocycles. The molecular weight excluding hydrogens is 330 g/mol. The van der Waals surface area contributed by atoms with Crippen molar-refractivity contribution in [2.24, 2.45) is 0 Å². The first-order valence-corrected chi connectivity index (χ1v) is 7.78. The number of aromatic nitrogens is 4. The first-order valence-electron chi connectivity index (χ1n) is 7.78. The molecule has 10 nitrogen and oxygen atoms in total. The Bertz CT molecular complexity index is 878. The van der Waals surface area contributed by atoms with Gasteiger partial charge >= 0.3 is 0 Å². The summed E-state index contributed by atoms with van der Waals surface area (Å²) in [7, 11) is 0. The van der Waals surface area contributed by atoms with Gasteiger partial charge in [0.05, 0.1) is 31.8 Å². The number of hydrogen-bond acceptors (Lipinski definition) is 9. The van der Waals surface area contributed by atoms with E-state index in [-0.39, 0.29) is 18.9 Å². The zero-order chi connectivity index (χ0) is 17.4. The van der Waals surface area contributed by atoms with Gasteiger partial charge in [-0.15, -0.1) is 0 Å². The molecule has 1 aliphatic heterocycles. The molecule has 0 amide bonds. The van der Waals surface area contributed by atoms with Crippen molar-refractivity contribution >= 4 is 17.0 Å². The Morgan fingerprint density at radius 1 is 1.32 bits per heavy atom. The third kappa shape index (κ3) is 2.80. The Kier molecular flexibility index (Phi) is 3.99. The topological polar surface area (TPSA) is 139 Å². The molecule has 4 heterocycles. The summed E-state index contributed by atoms with van der Waals surface area (Å²) in [5.74, 6) is 0.933. The average molecular weight is 347 g/mol. The number of aliphatic hydroxyl groups is 2. The number of aromatic hydroxyl groups is 1. The van der Waals surface area contributed by atoms with E-state index in [0.29, 0.717) is 29.2 Å². The smallest absolute Gasteiger partial charge is 0.167 e. The molecule has 0 radical (unpaired) electrons. The molecule has 10 heteroatoms. The summed E-state index contributed by atoms with van der Waals surface area (Å²) in [6.07, 6.45) is 2.86. The van der Waals surface area contributed by atoms with Gasteiger partial charge in [-0.25, -0.2) is 15.0 Å². The van der Waals surface area contributed by atoms with Crippen LogP contribution in [0.25, 0.3) is 11.2 Å². The molecule has 132 valence electrons. The van der Waals surface area contributed by atoms with E-state index in [9.17, 15) is 15.3 Å². The van der Waals surface area contributed by atoms with Crippen LogP contribution in [-0.2, 0) is 11.3 Å². The van der Waals surface area contributed by atoms with Crippen molar-refractivity contribution in [2.75, 3.05) is 11.9 Å². The molecule has 0 aliphatic carbocycles. The van der Waals surface area contributed by atoms with Gasteiger partial charge in [-0.3, -0.25) is 4.57 Å². The second-order valence-electron chi connectivity index (χ2n) is 5.74. The van der Waals surface area contributed by atoms with E-state index in [2.05, 4.69) is 20.3 Å². The summed E-state index contributed by atoms with van der Waals surface area (Å²) in [5.41, 5.74) is 1.07. The Morgan fingerprint density at radius 2 is 2.20 bits per heavy atom. The summed E-state index contributed by atoms with van der Waals surface area (Å²) >= 11 is 0. The zero-order valence-corrected chi connectivity index (χ0v) is 13.1. The van der Waals surface area contributed by atoms with Crippen LogP contribution in [0.15, 0.2) is 29.4 Å². The third-order valence-corrected chi connectivity index (χ3v) is 4.19. The van der Waals surface area contributed by atoms with Crippen LogP contribution in [0.2, 0.25) is 0 Å². The lowest BCUT2D eigenvalue weighted by atomic mass is 10.2. The third-order valence-electron chi connectivity index (χ3n) is 4.19. The fraction of sp³-hybridized carbons (Fsp3) is 0.400. The van der Waals surface area contributed by atoms with Crippen molar-refractivity contribution in [3.05, 3.63) is 30.7 Å². The van der Waals surface area contributed by atoms with Gasteiger partial charge in [0.15, 0.2) is 28.5 Å². The minimum atomic E-state index is -0.742. The lowest BCUT2D eigenvalue weighted by Gasteiger charge is -2.13. The quantitative estimate of drug-likeness (QED) is 0.515. The highest BCUT2D eigenvalue weighted by atomic mass is 16.5. The molecule has 0 spiro atoms. The number of ether oxygens (including phenoxy) is 1. The molecule has 3 atom stereocenters. The van der Waals surface area contributed by atoms with Gasteiger partial charge in [0.25, 0.3) is 0 Å². The van der Waals surface area contributed by atoms with Crippen LogP contribution in [-0.4, -0.2) is 53.7 Å². The van der Waals surface area contributed by atoms with Gasteiger partial charge in [0.2, 0.25) is 0 Å². The fourth-order valence-corrected chi connectivity index (χ4v) is 2.87. The fourth-order valence-electron chi connectivity index (χ4n) is 2.87. The largest absolute Gasteiger partial charge is 0.504 e. The number of furan rings is 1. The second-order valence-corrected chi connectivity index (χ2v) is 5.74. The molecule has 0 saturated carbocycles. The van der Waals surface area contributed by atoms with Crippen molar-refractivity contribution in [1.82, 2.24) is 19.5 Å². The van der Waals surface area contributed by atoms with Crippen molar-refractivity contribution < 1.29 is 24.5 Å². The number of fused-ring (bicyclic) bond motifs is 1. The Labute approximate surface area is 141 Å². The first-order chi connectivity index (χ1) is 12.2. The van der Waals surface area contributed by atoms with Crippen LogP contribution in [0.1, 0.15) is 18.4 Å². The maximum absolute atomic E-state index is 9.90. The molecule has 1 unspecified atom stereocenters. The zero-order valence-electron chi connectivity index (χ0n) is 13.1. The highest BCUT2D eigenvalue weighted by Crippen LogP contribution is 2.31. The van der Waals surface area contributed by atoms with E-state index >= 15 is 0 Å². The molecule has 4 N–H and O–H groups in total. The van der Waals surface area contributed by atoms with Gasteiger partial charge in [0, 0.05) is 12.5 Å². The lowest BCUT2D eigenvalue weighted by molar-refractivity contribution is -0.0432. The van der Waals surface area contributed by atoms with Gasteiger partial charge < -0.3 is 29.8 Å². The summed E-state index contributed by atoms with van der Waals surface area (Å²) in [6.45, 7) is -0.0121. The van der Waals surface area contributed by atoms with Crippen LogP contribution in [0.5, 0.6) is 5.75 Å². The predicted molar refractivity (Wildman–Crippen MR) is 84.6 cm³/mol. The normalized spacial score (nSPS) is 23.4. The number of anilines is 1. The summed E-state index contributed by atoms with van der Waals surface area (Å²) in [5, 5.41) is 31.8. The average Bonchev–Trinajstić information content (AvgIpc) is 3.31. The Morgan fingerprint density at radius 3 is 2.92 bits per heavy atom. The SMILES string of the molecule is OC[C@H]1OC(n2cnc3c(NCc4occc4O)ncnc32)C[C@@H]1O. The van der Waals surface area contributed by atoms with E-state index in [1.54, 1.807) is 10.9 Å². The highest BCUT2D eigenvalue weighted by molar-refractivity contribution is 5.82. The maximum Gasteiger partial charge on any atom is 0.167 e. The highest BCUT2D eigenvalue weighted by Gasteiger charge is 2.35. The number of nitrogens with one attached hydrogen (secondary N) is 1. The predicted octanol–water partition coefficient (Wildman–Crippen LogP) is 0.378. The van der Waals surface area contributed by atoms with Crippen LogP contribution in [0, 0.1) is 0 Å². The molecule has 25 heavy (non-hydrogen) atoms. The maximum atomic E-state index is 9.90. The van der Waals surface area contributed by atoms with Gasteiger partial charge in [-0.2, -0.15) is 0 Å². The van der Waals surface area contributed by atoms with Crippen LogP contribution < -0.4 is 5.32 Å². The summed E-state index contributed by atoms with van der Waals surface area (Å²) in [4.78, 5) is 12.7. The van der Waals surface area contributed by atoms with Gasteiger partial charge in [-0.05, 0) is 0 Å². The molecule has 0 bridgehead atoms. The second kappa shape index (κ2) is 6.31. The molecule has 1 aliphatic rings. The summed E-state index contributed by atoms with van der Waals surface area (Å²) in [6, 6.07) is 1.46. The standard InChI is InChI=1S/C15H17N5O5/c21-5-11-9(23)3-12(25-11)20-7-19-13-14(17-6-18-15(13)20)16-4-10-8(22)1-2-24-10/h1-2,6-7,9,11-12,21-23H,3-5H2,(H,16,17,18)/t9-,11+,12?/m0/s1. The van der Waals surface area contributed by atoms with Crippen molar-refractivity contribution in [2.45, 2.75) is 31.4 Å². The van der Waals surface area contributed by atoms with E-state index in [0.717, 1.165) is 0 Å². The van der Waals surface area contributed by atoms with Crippen molar-refractivity contribution in [1.29, 1.82) is 0 Å². The first kappa shape index (κ1) is 15.8. The van der Waals surface area contributed by atoms with E-state index < -0.39 is 18.4 Å². The Balaban J connectivity index is 1.59. The van der Waals surface area contributed by atoms with Crippen LogP contribution in [0.4, 0.5) is 5.82 Å². The van der Waals surface area contributed by atoms with Crippen LogP contribution in [0.3, 0.4) is 0 Å². The number of imidazole rings is 1. The number of aliphatic hydroxyl groups excluding tert-OH is 2. The van der Waals surface area contributed by atoms with Gasteiger partial charge in [0.1, 0.15) is 18.7 Å². The minimum Gasteiger partial charge on any atom is -0.504 e. The number of hydrogen-bond donors (Lipinski definition) is 4.